The van der Waals surface area contributed by atoms with Gasteiger partial charge in [-0.1, -0.05) is 13.8 Å². The van der Waals surface area contributed by atoms with Gasteiger partial charge in [0, 0.05) is 13.1 Å². The Morgan fingerprint density at radius 3 is 2.65 bits per heavy atom. The van der Waals surface area contributed by atoms with E-state index < -0.39 is 0 Å². The van der Waals surface area contributed by atoms with Crippen molar-refractivity contribution in [1.29, 1.82) is 0 Å². The van der Waals surface area contributed by atoms with Gasteiger partial charge in [0.1, 0.15) is 0 Å². The Hall–Kier alpha value is -0.570. The summed E-state index contributed by atoms with van der Waals surface area (Å²) in [5.74, 6) is 1.72. The van der Waals surface area contributed by atoms with Crippen LogP contribution in [-0.2, 0) is 4.79 Å². The average molecular weight is 238 g/mol. The first-order chi connectivity index (χ1) is 8.03. The Bertz CT molecular complexity index is 284. The van der Waals surface area contributed by atoms with Gasteiger partial charge in [0.15, 0.2) is 0 Å². The molecule has 0 aromatic heterocycles. The van der Waals surface area contributed by atoms with Crippen LogP contribution in [0.2, 0.25) is 0 Å². The molecular weight excluding hydrogens is 212 g/mol. The van der Waals surface area contributed by atoms with E-state index in [9.17, 15) is 4.79 Å². The van der Waals surface area contributed by atoms with Crippen LogP contribution in [0.1, 0.15) is 46.5 Å². The Kier molecular flexibility index (Phi) is 3.76. The number of hydrogen-bond acceptors (Lipinski definition) is 2. The van der Waals surface area contributed by atoms with Gasteiger partial charge in [0.25, 0.3) is 0 Å². The Morgan fingerprint density at radius 2 is 2.06 bits per heavy atom. The van der Waals surface area contributed by atoms with E-state index in [4.69, 9.17) is 0 Å². The topological polar surface area (TPSA) is 32.3 Å². The molecule has 0 aromatic carbocycles. The van der Waals surface area contributed by atoms with Crippen LogP contribution in [0.15, 0.2) is 0 Å². The van der Waals surface area contributed by atoms with Crippen molar-refractivity contribution in [3.8, 4) is 0 Å². The van der Waals surface area contributed by atoms with Crippen LogP contribution in [0.3, 0.4) is 0 Å². The molecule has 2 aliphatic rings. The maximum absolute atomic E-state index is 12.6. The molecule has 0 aliphatic carbocycles. The lowest BCUT2D eigenvalue weighted by molar-refractivity contribution is -0.141. The van der Waals surface area contributed by atoms with Crippen LogP contribution < -0.4 is 5.32 Å². The van der Waals surface area contributed by atoms with E-state index in [1.54, 1.807) is 0 Å². The Morgan fingerprint density at radius 1 is 1.29 bits per heavy atom. The van der Waals surface area contributed by atoms with Gasteiger partial charge in [-0.2, -0.15) is 0 Å². The van der Waals surface area contributed by atoms with E-state index in [1.807, 2.05) is 0 Å². The van der Waals surface area contributed by atoms with Crippen LogP contribution in [0.5, 0.6) is 0 Å². The van der Waals surface area contributed by atoms with E-state index in [1.165, 1.54) is 12.8 Å². The van der Waals surface area contributed by atoms with Crippen molar-refractivity contribution in [1.82, 2.24) is 10.2 Å². The van der Waals surface area contributed by atoms with Crippen molar-refractivity contribution in [2.75, 3.05) is 19.6 Å². The quantitative estimate of drug-likeness (QED) is 0.758. The third kappa shape index (κ3) is 2.65. The summed E-state index contributed by atoms with van der Waals surface area (Å²) in [6.07, 6.45) is 4.53. The Balaban J connectivity index is 1.99. The number of piperidine rings is 2. The van der Waals surface area contributed by atoms with Gasteiger partial charge in [-0.25, -0.2) is 0 Å². The van der Waals surface area contributed by atoms with Crippen LogP contribution in [0.4, 0.5) is 0 Å². The molecule has 98 valence electrons. The monoisotopic (exact) mass is 238 g/mol. The van der Waals surface area contributed by atoms with Crippen molar-refractivity contribution in [2.45, 2.75) is 52.0 Å². The largest absolute Gasteiger partial charge is 0.341 e. The summed E-state index contributed by atoms with van der Waals surface area (Å²) < 4.78 is 0. The summed E-state index contributed by atoms with van der Waals surface area (Å²) in [7, 11) is 0. The van der Waals surface area contributed by atoms with Crippen LogP contribution in [-0.4, -0.2) is 36.0 Å². The maximum atomic E-state index is 12.6. The van der Waals surface area contributed by atoms with Crippen molar-refractivity contribution in [3.63, 3.8) is 0 Å². The molecule has 0 aromatic rings. The number of carbonyl (C=O) groups excluding carboxylic acids is 1. The predicted molar refractivity (Wildman–Crippen MR) is 69.8 cm³/mol. The molecular formula is C14H26N2O. The summed E-state index contributed by atoms with van der Waals surface area (Å²) in [6.45, 7) is 9.52. The molecule has 17 heavy (non-hydrogen) atoms. The van der Waals surface area contributed by atoms with Gasteiger partial charge in [0.2, 0.25) is 5.91 Å². The minimum atomic E-state index is -0.293. The van der Waals surface area contributed by atoms with Crippen LogP contribution in [0, 0.1) is 11.8 Å². The van der Waals surface area contributed by atoms with Crippen molar-refractivity contribution >= 4 is 5.91 Å². The van der Waals surface area contributed by atoms with Crippen LogP contribution in [0.25, 0.3) is 0 Å². The van der Waals surface area contributed by atoms with E-state index in [2.05, 4.69) is 31.0 Å². The summed E-state index contributed by atoms with van der Waals surface area (Å²) in [4.78, 5) is 14.7. The molecule has 3 heteroatoms. The molecule has 1 amide bonds. The highest BCUT2D eigenvalue weighted by molar-refractivity contribution is 5.86. The van der Waals surface area contributed by atoms with E-state index in [0.717, 1.165) is 38.4 Å². The van der Waals surface area contributed by atoms with Gasteiger partial charge in [0.05, 0.1) is 5.54 Å². The highest BCUT2D eigenvalue weighted by Crippen LogP contribution is 2.27. The van der Waals surface area contributed by atoms with Crippen LogP contribution >= 0.6 is 0 Å². The molecule has 2 fully saturated rings. The number of likely N-dealkylation sites (tertiary alicyclic amines) is 1. The summed E-state index contributed by atoms with van der Waals surface area (Å²) in [5, 5.41) is 3.43. The second kappa shape index (κ2) is 4.97. The maximum Gasteiger partial charge on any atom is 0.242 e. The number of nitrogens with one attached hydrogen (secondary N) is 1. The Labute approximate surface area is 105 Å². The molecule has 0 spiro atoms. The summed E-state index contributed by atoms with van der Waals surface area (Å²) in [6, 6.07) is 0. The van der Waals surface area contributed by atoms with Crippen molar-refractivity contribution in [2.24, 2.45) is 11.8 Å². The first-order valence-electron chi connectivity index (χ1n) is 7.07. The number of rotatable bonds is 1. The van der Waals surface area contributed by atoms with E-state index in [0.29, 0.717) is 11.8 Å². The van der Waals surface area contributed by atoms with Gasteiger partial charge < -0.3 is 10.2 Å². The highest BCUT2D eigenvalue weighted by Gasteiger charge is 2.39. The molecule has 0 saturated carbocycles. The molecule has 1 N–H and O–H groups in total. The molecule has 3 atom stereocenters. The molecule has 2 saturated heterocycles. The molecule has 2 aliphatic heterocycles. The molecule has 3 nitrogen and oxygen atoms in total. The van der Waals surface area contributed by atoms with Gasteiger partial charge in [-0.15, -0.1) is 0 Å². The summed E-state index contributed by atoms with van der Waals surface area (Å²) >= 11 is 0. The van der Waals surface area contributed by atoms with Gasteiger partial charge in [-0.3, -0.25) is 4.79 Å². The van der Waals surface area contributed by atoms with E-state index in [-0.39, 0.29) is 5.54 Å². The first-order valence-corrected chi connectivity index (χ1v) is 7.07. The minimum Gasteiger partial charge on any atom is -0.341 e. The SMILES string of the molecule is CC1CCN(C(=O)C2(C)CCCCN2)CC1C. The fourth-order valence-corrected chi connectivity index (χ4v) is 3.04. The third-order valence-corrected chi connectivity index (χ3v) is 4.71. The molecule has 0 bridgehead atoms. The van der Waals surface area contributed by atoms with Gasteiger partial charge in [-0.05, 0) is 51.0 Å². The average Bonchev–Trinajstić information content (AvgIpc) is 2.33. The lowest BCUT2D eigenvalue weighted by atomic mass is 9.85. The van der Waals surface area contributed by atoms with Gasteiger partial charge >= 0.3 is 0 Å². The molecule has 3 unspecified atom stereocenters. The zero-order chi connectivity index (χ0) is 12.5. The number of carbonyl (C=O) groups is 1. The molecule has 2 rings (SSSR count). The number of amides is 1. The second-order valence-electron chi connectivity index (χ2n) is 6.21. The fourth-order valence-electron chi connectivity index (χ4n) is 3.04. The molecule has 2 heterocycles. The number of nitrogens with zero attached hydrogens (tertiary/aromatic N) is 1. The fraction of sp³-hybridized carbons (Fsp3) is 0.929. The zero-order valence-corrected chi connectivity index (χ0v) is 11.5. The predicted octanol–water partition coefficient (Wildman–Crippen LogP) is 2.02. The normalized spacial score (nSPS) is 39.1. The highest BCUT2D eigenvalue weighted by atomic mass is 16.2. The molecule has 0 radical (unpaired) electrons. The summed E-state index contributed by atoms with van der Waals surface area (Å²) in [5.41, 5.74) is -0.293. The zero-order valence-electron chi connectivity index (χ0n) is 11.5. The first kappa shape index (κ1) is 12.9. The smallest absolute Gasteiger partial charge is 0.242 e. The van der Waals surface area contributed by atoms with Crippen molar-refractivity contribution < 1.29 is 4.79 Å². The second-order valence-corrected chi connectivity index (χ2v) is 6.21. The standard InChI is InChI=1S/C14H26N2O/c1-11-6-9-16(10-12(11)2)13(17)14(3)7-4-5-8-15-14/h11-12,15H,4-10H2,1-3H3. The van der Waals surface area contributed by atoms with Crippen molar-refractivity contribution in [3.05, 3.63) is 0 Å². The number of hydrogen-bond donors (Lipinski definition) is 1. The third-order valence-electron chi connectivity index (χ3n) is 4.71. The minimum absolute atomic E-state index is 0.293. The lowest BCUT2D eigenvalue weighted by Crippen LogP contribution is -2.59. The van der Waals surface area contributed by atoms with E-state index >= 15 is 0 Å². The lowest BCUT2D eigenvalue weighted by Gasteiger charge is -2.42.